The van der Waals surface area contributed by atoms with Crippen LogP contribution in [0.3, 0.4) is 0 Å². The summed E-state index contributed by atoms with van der Waals surface area (Å²) in [6.07, 6.45) is 1.71. The summed E-state index contributed by atoms with van der Waals surface area (Å²) in [6, 6.07) is 5.99. The normalized spacial score (nSPS) is 17.5. The van der Waals surface area contributed by atoms with Crippen molar-refractivity contribution in [2.45, 2.75) is 0 Å². The van der Waals surface area contributed by atoms with Gasteiger partial charge in [-0.1, -0.05) is 12.1 Å². The molecule has 0 atom stereocenters. The van der Waals surface area contributed by atoms with Crippen LogP contribution in [0.4, 0.5) is 4.39 Å². The van der Waals surface area contributed by atoms with Gasteiger partial charge in [0.2, 0.25) is 0 Å². The zero-order chi connectivity index (χ0) is 12.4. The molecule has 1 aliphatic rings. The lowest BCUT2D eigenvalue weighted by Crippen LogP contribution is -2.16. The molecule has 1 aromatic rings. The molecule has 1 aliphatic heterocycles. The number of amides is 1. The molecule has 1 heterocycles. The third-order valence-corrected chi connectivity index (χ3v) is 3.31. The molecule has 0 N–H and O–H groups in total. The molecule has 3 nitrogen and oxygen atoms in total. The maximum Gasteiger partial charge on any atom is 0.286 e. The van der Waals surface area contributed by atoms with Crippen LogP contribution in [0, 0.1) is 5.82 Å². The van der Waals surface area contributed by atoms with Gasteiger partial charge in [-0.05, 0) is 35.5 Å². The van der Waals surface area contributed by atoms with Gasteiger partial charge in [0.15, 0.2) is 5.17 Å². The molecule has 88 valence electrons. The molecule has 0 saturated heterocycles. The maximum absolute atomic E-state index is 12.7. The molecule has 0 aromatic heterocycles. The number of amidine groups is 1. The van der Waals surface area contributed by atoms with E-state index in [2.05, 4.69) is 4.99 Å². The van der Waals surface area contributed by atoms with Gasteiger partial charge in [-0.15, -0.1) is 0 Å². The van der Waals surface area contributed by atoms with Crippen LogP contribution in [0.2, 0.25) is 0 Å². The number of carbonyl (C=O) groups is 1. The molecule has 17 heavy (non-hydrogen) atoms. The van der Waals surface area contributed by atoms with Crippen molar-refractivity contribution in [1.82, 2.24) is 4.90 Å². The number of rotatable bonds is 1. The van der Waals surface area contributed by atoms with Gasteiger partial charge >= 0.3 is 0 Å². The average Bonchev–Trinajstić information content (AvgIpc) is 2.64. The Balaban J connectivity index is 2.20. The summed E-state index contributed by atoms with van der Waals surface area (Å²) >= 11 is 1.32. The molecule has 0 unspecified atom stereocenters. The Labute approximate surface area is 103 Å². The first-order valence-corrected chi connectivity index (χ1v) is 5.83. The number of hydrogen-bond donors (Lipinski definition) is 0. The molecule has 5 heteroatoms. The zero-order valence-corrected chi connectivity index (χ0v) is 10.3. The van der Waals surface area contributed by atoms with Crippen molar-refractivity contribution in [2.24, 2.45) is 4.99 Å². The van der Waals surface area contributed by atoms with Crippen LogP contribution < -0.4 is 0 Å². The van der Waals surface area contributed by atoms with Gasteiger partial charge in [-0.25, -0.2) is 4.39 Å². The summed E-state index contributed by atoms with van der Waals surface area (Å²) in [5, 5.41) is 0.670. The Morgan fingerprint density at radius 1 is 1.29 bits per heavy atom. The lowest BCUT2D eigenvalue weighted by Gasteiger charge is -2.08. The summed E-state index contributed by atoms with van der Waals surface area (Å²) in [7, 11) is 3.67. The first-order valence-electron chi connectivity index (χ1n) is 5.02. The summed E-state index contributed by atoms with van der Waals surface area (Å²) in [5.41, 5.74) is 0.789. The summed E-state index contributed by atoms with van der Waals surface area (Å²) < 4.78 is 12.7. The van der Waals surface area contributed by atoms with Crippen LogP contribution in [0.5, 0.6) is 0 Å². The highest BCUT2D eigenvalue weighted by Gasteiger charge is 2.22. The lowest BCUT2D eigenvalue weighted by atomic mass is 10.2. The fourth-order valence-electron chi connectivity index (χ4n) is 1.30. The highest BCUT2D eigenvalue weighted by molar-refractivity contribution is 8.18. The van der Waals surface area contributed by atoms with Gasteiger partial charge in [0.05, 0.1) is 4.91 Å². The first kappa shape index (κ1) is 11.9. The van der Waals surface area contributed by atoms with Gasteiger partial charge < -0.3 is 4.90 Å². The monoisotopic (exact) mass is 250 g/mol. The SMILES string of the molecule is CN(C)C1=NC(=O)C(=Cc2ccc(F)cc2)S1. The van der Waals surface area contributed by atoms with E-state index in [1.165, 1.54) is 23.9 Å². The predicted octanol–water partition coefficient (Wildman–Crippen LogP) is 2.36. The lowest BCUT2D eigenvalue weighted by molar-refractivity contribution is -0.113. The molecule has 0 spiro atoms. The molecule has 2 rings (SSSR count). The third-order valence-electron chi connectivity index (χ3n) is 2.16. The standard InChI is InChI=1S/C12H11FN2OS/c1-15(2)12-14-11(16)10(17-12)7-8-3-5-9(13)6-4-8/h3-7H,1-2H3. The molecule has 1 amide bonds. The minimum Gasteiger partial charge on any atom is -0.357 e. The van der Waals surface area contributed by atoms with E-state index >= 15 is 0 Å². The van der Waals surface area contributed by atoms with E-state index < -0.39 is 0 Å². The molecule has 0 radical (unpaired) electrons. The van der Waals surface area contributed by atoms with Crippen LogP contribution in [0.1, 0.15) is 5.56 Å². The van der Waals surface area contributed by atoms with Crippen LogP contribution in [0.15, 0.2) is 34.2 Å². The van der Waals surface area contributed by atoms with E-state index in [1.807, 2.05) is 14.1 Å². The van der Waals surface area contributed by atoms with Crippen molar-refractivity contribution in [3.8, 4) is 0 Å². The van der Waals surface area contributed by atoms with Crippen molar-refractivity contribution in [3.63, 3.8) is 0 Å². The number of aliphatic imine (C=N–C) groups is 1. The molecule has 1 aromatic carbocycles. The van der Waals surface area contributed by atoms with Crippen molar-refractivity contribution in [3.05, 3.63) is 40.6 Å². The van der Waals surface area contributed by atoms with Crippen LogP contribution in [-0.4, -0.2) is 30.1 Å². The minimum atomic E-state index is -0.289. The highest BCUT2D eigenvalue weighted by Crippen LogP contribution is 2.29. The number of halogens is 1. The fraction of sp³-hybridized carbons (Fsp3) is 0.167. The van der Waals surface area contributed by atoms with Gasteiger partial charge in [-0.3, -0.25) is 4.79 Å². The first-order chi connectivity index (χ1) is 8.06. The second-order valence-electron chi connectivity index (χ2n) is 3.76. The van der Waals surface area contributed by atoms with E-state index in [9.17, 15) is 9.18 Å². The molecular formula is C12H11FN2OS. The predicted molar refractivity (Wildman–Crippen MR) is 68.1 cm³/mol. The molecule has 0 fully saturated rings. The molecule has 0 saturated carbocycles. The number of carbonyl (C=O) groups excluding carboxylic acids is 1. The Morgan fingerprint density at radius 3 is 2.47 bits per heavy atom. The van der Waals surface area contributed by atoms with Gasteiger partial charge in [0, 0.05) is 14.1 Å². The summed E-state index contributed by atoms with van der Waals surface area (Å²) in [5.74, 6) is -0.536. The van der Waals surface area contributed by atoms with Crippen molar-refractivity contribution >= 4 is 28.9 Å². The molecule has 0 aliphatic carbocycles. The summed E-state index contributed by atoms with van der Waals surface area (Å²) in [6.45, 7) is 0. The minimum absolute atomic E-state index is 0.247. The number of nitrogens with zero attached hydrogens (tertiary/aromatic N) is 2. The largest absolute Gasteiger partial charge is 0.357 e. The Bertz CT molecular complexity index is 506. The number of benzene rings is 1. The highest BCUT2D eigenvalue weighted by atomic mass is 32.2. The maximum atomic E-state index is 12.7. The van der Waals surface area contributed by atoms with Crippen LogP contribution in [-0.2, 0) is 4.79 Å². The second kappa shape index (κ2) is 4.71. The van der Waals surface area contributed by atoms with Gasteiger partial charge in [0.1, 0.15) is 5.82 Å². The average molecular weight is 250 g/mol. The van der Waals surface area contributed by atoms with Crippen LogP contribution in [0.25, 0.3) is 6.08 Å². The molecule has 0 bridgehead atoms. The third kappa shape index (κ3) is 2.74. The van der Waals surface area contributed by atoms with Gasteiger partial charge in [-0.2, -0.15) is 4.99 Å². The van der Waals surface area contributed by atoms with E-state index in [0.717, 1.165) is 5.56 Å². The van der Waals surface area contributed by atoms with Crippen molar-refractivity contribution < 1.29 is 9.18 Å². The van der Waals surface area contributed by atoms with Crippen molar-refractivity contribution in [1.29, 1.82) is 0 Å². The second-order valence-corrected chi connectivity index (χ2v) is 4.77. The fourth-order valence-corrected chi connectivity index (χ4v) is 2.14. The number of thioether (sulfide) groups is 1. The van der Waals surface area contributed by atoms with Gasteiger partial charge in [0.25, 0.3) is 5.91 Å². The van der Waals surface area contributed by atoms with Crippen LogP contribution >= 0.6 is 11.8 Å². The van der Waals surface area contributed by atoms with E-state index in [-0.39, 0.29) is 11.7 Å². The number of hydrogen-bond acceptors (Lipinski definition) is 3. The Hall–Kier alpha value is -1.62. The topological polar surface area (TPSA) is 32.7 Å². The Morgan fingerprint density at radius 2 is 1.94 bits per heavy atom. The summed E-state index contributed by atoms with van der Waals surface area (Å²) in [4.78, 5) is 17.8. The van der Waals surface area contributed by atoms with E-state index in [1.54, 1.807) is 23.1 Å². The smallest absolute Gasteiger partial charge is 0.286 e. The van der Waals surface area contributed by atoms with E-state index in [4.69, 9.17) is 0 Å². The van der Waals surface area contributed by atoms with Crippen molar-refractivity contribution in [2.75, 3.05) is 14.1 Å². The Kier molecular flexibility index (Phi) is 3.28. The quantitative estimate of drug-likeness (QED) is 0.717. The zero-order valence-electron chi connectivity index (χ0n) is 9.48. The molecular weight excluding hydrogens is 239 g/mol. The van der Waals surface area contributed by atoms with E-state index in [0.29, 0.717) is 10.1 Å².